The summed E-state index contributed by atoms with van der Waals surface area (Å²) in [6, 6.07) is 0. The lowest BCUT2D eigenvalue weighted by Crippen LogP contribution is -2.35. The first-order chi connectivity index (χ1) is 8.65. The molecule has 4 heteroatoms. The highest BCUT2D eigenvalue weighted by Gasteiger charge is 2.20. The second kappa shape index (κ2) is 8.27. The average Bonchev–Trinajstić information content (AvgIpc) is 2.88. The monoisotopic (exact) mass is 255 g/mol. The first-order valence-electron chi connectivity index (χ1n) is 6.73. The predicted octanol–water partition coefficient (Wildman–Crippen LogP) is 2.00. The summed E-state index contributed by atoms with van der Waals surface area (Å²) in [6.45, 7) is 9.44. The molecular weight excluding hydrogens is 230 g/mol. The van der Waals surface area contributed by atoms with Gasteiger partial charge in [0.2, 0.25) is 0 Å². The van der Waals surface area contributed by atoms with Gasteiger partial charge in [-0.1, -0.05) is 19.1 Å². The molecule has 104 valence electrons. The zero-order valence-corrected chi connectivity index (χ0v) is 11.6. The van der Waals surface area contributed by atoms with Crippen molar-refractivity contribution in [2.75, 3.05) is 33.4 Å². The van der Waals surface area contributed by atoms with E-state index >= 15 is 0 Å². The highest BCUT2D eigenvalue weighted by molar-refractivity contribution is 5.69. The molecule has 4 nitrogen and oxygen atoms in total. The third-order valence-corrected chi connectivity index (χ3v) is 3.29. The molecule has 0 saturated carbocycles. The van der Waals surface area contributed by atoms with Crippen LogP contribution >= 0.6 is 0 Å². The number of nitrogens with zero attached hydrogens (tertiary/aromatic N) is 1. The van der Waals surface area contributed by atoms with Gasteiger partial charge in [0.1, 0.15) is 0 Å². The number of carbonyl (C=O) groups is 1. The van der Waals surface area contributed by atoms with Crippen LogP contribution in [0.4, 0.5) is 0 Å². The Morgan fingerprint density at radius 1 is 1.56 bits per heavy atom. The molecule has 0 amide bonds. The minimum absolute atomic E-state index is 0.158. The maximum atomic E-state index is 11.2. The van der Waals surface area contributed by atoms with Crippen molar-refractivity contribution in [3.05, 3.63) is 12.2 Å². The molecule has 0 aromatic heterocycles. The number of rotatable bonds is 8. The van der Waals surface area contributed by atoms with Crippen LogP contribution in [0.1, 0.15) is 32.6 Å². The quantitative estimate of drug-likeness (QED) is 0.491. The van der Waals surface area contributed by atoms with Crippen molar-refractivity contribution < 1.29 is 14.3 Å². The second-order valence-corrected chi connectivity index (χ2v) is 4.80. The van der Waals surface area contributed by atoms with E-state index in [-0.39, 0.29) is 5.97 Å². The first-order valence-corrected chi connectivity index (χ1v) is 6.73. The van der Waals surface area contributed by atoms with Crippen LogP contribution in [0.15, 0.2) is 12.2 Å². The van der Waals surface area contributed by atoms with Gasteiger partial charge >= 0.3 is 5.97 Å². The summed E-state index contributed by atoms with van der Waals surface area (Å²) in [6.07, 6.45) is 3.98. The van der Waals surface area contributed by atoms with Crippen molar-refractivity contribution in [1.82, 2.24) is 4.90 Å². The molecule has 0 aliphatic carbocycles. The molecule has 1 aliphatic heterocycles. The Morgan fingerprint density at radius 3 is 2.89 bits per heavy atom. The van der Waals surface area contributed by atoms with Gasteiger partial charge in [0.15, 0.2) is 0 Å². The maximum absolute atomic E-state index is 11.2. The maximum Gasteiger partial charge on any atom is 0.306 e. The molecular formula is C14H25NO3. The van der Waals surface area contributed by atoms with E-state index in [1.807, 2.05) is 0 Å². The fraction of sp³-hybridized carbons (Fsp3) is 0.786. The summed E-state index contributed by atoms with van der Waals surface area (Å²) >= 11 is 0. The molecule has 0 aromatic carbocycles. The Morgan fingerprint density at radius 2 is 2.33 bits per heavy atom. The van der Waals surface area contributed by atoms with Crippen LogP contribution in [-0.2, 0) is 14.3 Å². The molecule has 0 aromatic rings. The molecule has 1 saturated heterocycles. The minimum Gasteiger partial charge on any atom is -0.469 e. The Kier molecular flexibility index (Phi) is 6.98. The number of methoxy groups -OCH3 is 1. The van der Waals surface area contributed by atoms with Crippen molar-refractivity contribution in [1.29, 1.82) is 0 Å². The van der Waals surface area contributed by atoms with E-state index in [2.05, 4.69) is 23.1 Å². The number of hydrogen-bond donors (Lipinski definition) is 0. The fourth-order valence-corrected chi connectivity index (χ4v) is 2.09. The summed E-state index contributed by atoms with van der Waals surface area (Å²) in [5, 5.41) is 0. The summed E-state index contributed by atoms with van der Waals surface area (Å²) < 4.78 is 10.3. The smallest absolute Gasteiger partial charge is 0.306 e. The molecule has 1 aliphatic rings. The van der Waals surface area contributed by atoms with Gasteiger partial charge in [-0.25, -0.2) is 0 Å². The lowest BCUT2D eigenvalue weighted by molar-refractivity contribution is -0.141. The van der Waals surface area contributed by atoms with Crippen molar-refractivity contribution in [2.45, 2.75) is 38.7 Å². The highest BCUT2D eigenvalue weighted by atomic mass is 16.5. The third kappa shape index (κ3) is 5.65. The van der Waals surface area contributed by atoms with E-state index in [1.54, 1.807) is 0 Å². The van der Waals surface area contributed by atoms with Crippen LogP contribution in [0.25, 0.3) is 0 Å². The van der Waals surface area contributed by atoms with Crippen LogP contribution in [0.2, 0.25) is 0 Å². The van der Waals surface area contributed by atoms with Crippen molar-refractivity contribution >= 4 is 5.97 Å². The Hall–Kier alpha value is -0.870. The SMILES string of the molecule is C=C(CC)CN(CCC(=O)OC)CC1CCCO1. The van der Waals surface area contributed by atoms with Gasteiger partial charge in [0.05, 0.1) is 19.6 Å². The van der Waals surface area contributed by atoms with Crippen molar-refractivity contribution in [3.63, 3.8) is 0 Å². The van der Waals surface area contributed by atoms with Gasteiger partial charge in [-0.05, 0) is 19.3 Å². The van der Waals surface area contributed by atoms with Crippen molar-refractivity contribution in [3.8, 4) is 0 Å². The molecule has 1 heterocycles. The van der Waals surface area contributed by atoms with Crippen molar-refractivity contribution in [2.24, 2.45) is 0 Å². The fourth-order valence-electron chi connectivity index (χ4n) is 2.09. The number of hydrogen-bond acceptors (Lipinski definition) is 4. The molecule has 1 unspecified atom stereocenters. The topological polar surface area (TPSA) is 38.8 Å². The van der Waals surface area contributed by atoms with E-state index in [9.17, 15) is 4.79 Å². The predicted molar refractivity (Wildman–Crippen MR) is 71.5 cm³/mol. The lowest BCUT2D eigenvalue weighted by atomic mass is 10.2. The van der Waals surface area contributed by atoms with E-state index in [0.717, 1.165) is 39.0 Å². The molecule has 0 N–H and O–H groups in total. The van der Waals surface area contributed by atoms with Gasteiger partial charge in [-0.2, -0.15) is 0 Å². The van der Waals surface area contributed by atoms with E-state index in [1.165, 1.54) is 12.7 Å². The lowest BCUT2D eigenvalue weighted by Gasteiger charge is -2.25. The van der Waals surface area contributed by atoms with Crippen LogP contribution in [0.5, 0.6) is 0 Å². The zero-order chi connectivity index (χ0) is 13.4. The van der Waals surface area contributed by atoms with Crippen LogP contribution in [0.3, 0.4) is 0 Å². The van der Waals surface area contributed by atoms with Gasteiger partial charge in [0.25, 0.3) is 0 Å². The Labute approximate surface area is 110 Å². The number of esters is 1. The highest BCUT2D eigenvalue weighted by Crippen LogP contribution is 2.14. The minimum atomic E-state index is -0.158. The molecule has 0 bridgehead atoms. The van der Waals surface area contributed by atoms with Gasteiger partial charge in [-0.3, -0.25) is 9.69 Å². The molecule has 1 atom stereocenters. The molecule has 0 radical (unpaired) electrons. The van der Waals surface area contributed by atoms with Gasteiger partial charge in [-0.15, -0.1) is 0 Å². The van der Waals surface area contributed by atoms with E-state index in [0.29, 0.717) is 19.1 Å². The van der Waals surface area contributed by atoms with Crippen LogP contribution < -0.4 is 0 Å². The largest absolute Gasteiger partial charge is 0.469 e. The summed E-state index contributed by atoms with van der Waals surface area (Å²) in [7, 11) is 1.43. The zero-order valence-electron chi connectivity index (χ0n) is 11.6. The average molecular weight is 255 g/mol. The normalized spacial score (nSPS) is 19.2. The van der Waals surface area contributed by atoms with Gasteiger partial charge in [0, 0.05) is 26.2 Å². The number of carbonyl (C=O) groups excluding carboxylic acids is 1. The van der Waals surface area contributed by atoms with E-state index in [4.69, 9.17) is 4.74 Å². The standard InChI is InChI=1S/C14H25NO3/c1-4-12(2)10-15(8-7-14(16)17-3)11-13-6-5-9-18-13/h13H,2,4-11H2,1,3H3. The molecule has 18 heavy (non-hydrogen) atoms. The molecule has 1 fully saturated rings. The summed E-state index contributed by atoms with van der Waals surface area (Å²) in [5.74, 6) is -0.158. The summed E-state index contributed by atoms with van der Waals surface area (Å²) in [4.78, 5) is 13.5. The van der Waals surface area contributed by atoms with E-state index < -0.39 is 0 Å². The van der Waals surface area contributed by atoms with Gasteiger partial charge < -0.3 is 9.47 Å². The second-order valence-electron chi connectivity index (χ2n) is 4.80. The molecule has 1 rings (SSSR count). The van der Waals surface area contributed by atoms with Crippen LogP contribution in [-0.4, -0.2) is 50.3 Å². The Bertz CT molecular complexity index is 272. The van der Waals surface area contributed by atoms with Crippen LogP contribution in [0, 0.1) is 0 Å². The summed E-state index contributed by atoms with van der Waals surface area (Å²) in [5.41, 5.74) is 1.19. The number of ether oxygens (including phenoxy) is 2. The molecule has 0 spiro atoms. The Balaban J connectivity index is 2.39. The first kappa shape index (κ1) is 15.2. The third-order valence-electron chi connectivity index (χ3n) is 3.29.